The number of benzene rings is 3. The van der Waals surface area contributed by atoms with Crippen LogP contribution in [0.1, 0.15) is 27.8 Å². The van der Waals surface area contributed by atoms with Crippen LogP contribution in [0.25, 0.3) is 0 Å². The first-order valence-electron chi connectivity index (χ1n) is 10.1. The molecule has 0 aliphatic rings. The standard InChI is InChI=1S/C25H28N2O3S/c1-17-9-12-22(13-10-17)31(29,30)27(24-14-11-18(2)15-20(24)4)16-25(28)26-23-8-6-7-19(3)21(23)5/h6-15H,16H2,1-5H3,(H,26,28). The predicted molar refractivity (Wildman–Crippen MR) is 126 cm³/mol. The van der Waals surface area contributed by atoms with E-state index in [0.29, 0.717) is 11.4 Å². The molecule has 0 heterocycles. The van der Waals surface area contributed by atoms with Gasteiger partial charge in [-0.15, -0.1) is 0 Å². The lowest BCUT2D eigenvalue weighted by atomic mass is 10.1. The van der Waals surface area contributed by atoms with Crippen molar-refractivity contribution in [3.63, 3.8) is 0 Å². The number of nitrogens with one attached hydrogen (secondary N) is 1. The maximum absolute atomic E-state index is 13.5. The molecule has 162 valence electrons. The van der Waals surface area contributed by atoms with Crippen molar-refractivity contribution < 1.29 is 13.2 Å². The number of sulfonamides is 1. The molecule has 5 nitrogen and oxygen atoms in total. The third kappa shape index (κ3) is 4.97. The van der Waals surface area contributed by atoms with Crippen LogP contribution in [0.4, 0.5) is 11.4 Å². The molecular weight excluding hydrogens is 408 g/mol. The number of carbonyl (C=O) groups is 1. The quantitative estimate of drug-likeness (QED) is 0.587. The highest BCUT2D eigenvalue weighted by Gasteiger charge is 2.28. The summed E-state index contributed by atoms with van der Waals surface area (Å²) in [6.45, 7) is 9.26. The molecule has 0 aliphatic carbocycles. The maximum atomic E-state index is 13.5. The second-order valence-corrected chi connectivity index (χ2v) is 9.77. The third-order valence-electron chi connectivity index (χ3n) is 5.40. The Morgan fingerprint density at radius 1 is 0.839 bits per heavy atom. The Morgan fingerprint density at radius 3 is 2.13 bits per heavy atom. The number of aryl methyl sites for hydroxylation is 4. The van der Waals surface area contributed by atoms with Crippen molar-refractivity contribution in [1.29, 1.82) is 0 Å². The molecule has 0 radical (unpaired) electrons. The fraction of sp³-hybridized carbons (Fsp3) is 0.240. The molecule has 31 heavy (non-hydrogen) atoms. The first-order chi connectivity index (χ1) is 14.6. The summed E-state index contributed by atoms with van der Waals surface area (Å²) in [7, 11) is -3.94. The Hall–Kier alpha value is -3.12. The van der Waals surface area contributed by atoms with Crippen molar-refractivity contribution in [3.8, 4) is 0 Å². The van der Waals surface area contributed by atoms with E-state index in [2.05, 4.69) is 5.32 Å². The lowest BCUT2D eigenvalue weighted by molar-refractivity contribution is -0.114. The molecular formula is C25H28N2O3S. The summed E-state index contributed by atoms with van der Waals surface area (Å²) < 4.78 is 28.3. The number of anilines is 2. The van der Waals surface area contributed by atoms with Gasteiger partial charge >= 0.3 is 0 Å². The van der Waals surface area contributed by atoms with E-state index in [1.165, 1.54) is 4.31 Å². The summed E-state index contributed by atoms with van der Waals surface area (Å²) in [6.07, 6.45) is 0. The van der Waals surface area contributed by atoms with E-state index in [1.807, 2.05) is 65.0 Å². The van der Waals surface area contributed by atoms with Crippen LogP contribution in [0.2, 0.25) is 0 Å². The van der Waals surface area contributed by atoms with E-state index < -0.39 is 15.9 Å². The summed E-state index contributed by atoms with van der Waals surface area (Å²) in [5.41, 5.74) is 5.95. The lowest BCUT2D eigenvalue weighted by Crippen LogP contribution is -2.38. The molecule has 0 saturated carbocycles. The van der Waals surface area contributed by atoms with Crippen molar-refractivity contribution in [2.24, 2.45) is 0 Å². The van der Waals surface area contributed by atoms with E-state index in [9.17, 15) is 13.2 Å². The van der Waals surface area contributed by atoms with Crippen LogP contribution in [0.5, 0.6) is 0 Å². The van der Waals surface area contributed by atoms with Crippen LogP contribution in [-0.4, -0.2) is 20.9 Å². The van der Waals surface area contributed by atoms with Gasteiger partial charge in [-0.2, -0.15) is 0 Å². The molecule has 0 fully saturated rings. The number of amides is 1. The molecule has 0 bridgehead atoms. The highest BCUT2D eigenvalue weighted by atomic mass is 32.2. The Kier molecular flexibility index (Phi) is 6.51. The van der Waals surface area contributed by atoms with Gasteiger partial charge in [0.25, 0.3) is 10.0 Å². The van der Waals surface area contributed by atoms with Crippen molar-refractivity contribution in [2.75, 3.05) is 16.2 Å². The SMILES string of the molecule is Cc1ccc(S(=O)(=O)N(CC(=O)Nc2cccc(C)c2C)c2ccc(C)cc2C)cc1. The van der Waals surface area contributed by atoms with Crippen molar-refractivity contribution in [2.45, 2.75) is 39.5 Å². The van der Waals surface area contributed by atoms with Gasteiger partial charge in [-0.1, -0.05) is 47.5 Å². The number of carbonyl (C=O) groups excluding carboxylic acids is 1. The van der Waals surface area contributed by atoms with Gasteiger partial charge in [0.2, 0.25) is 5.91 Å². The van der Waals surface area contributed by atoms with Gasteiger partial charge in [0, 0.05) is 5.69 Å². The van der Waals surface area contributed by atoms with Gasteiger partial charge in [0.1, 0.15) is 6.54 Å². The highest BCUT2D eigenvalue weighted by molar-refractivity contribution is 7.92. The lowest BCUT2D eigenvalue weighted by Gasteiger charge is -2.26. The molecule has 1 amide bonds. The van der Waals surface area contributed by atoms with Gasteiger partial charge in [-0.25, -0.2) is 8.42 Å². The van der Waals surface area contributed by atoms with Crippen LogP contribution >= 0.6 is 0 Å². The second-order valence-electron chi connectivity index (χ2n) is 7.91. The summed E-state index contributed by atoms with van der Waals surface area (Å²) in [6, 6.07) is 17.8. The summed E-state index contributed by atoms with van der Waals surface area (Å²) >= 11 is 0. The van der Waals surface area contributed by atoms with Gasteiger partial charge in [0.05, 0.1) is 10.6 Å². The van der Waals surface area contributed by atoms with Crippen molar-refractivity contribution in [1.82, 2.24) is 0 Å². The highest BCUT2D eigenvalue weighted by Crippen LogP contribution is 2.28. The monoisotopic (exact) mass is 436 g/mol. The Morgan fingerprint density at radius 2 is 1.48 bits per heavy atom. The zero-order chi connectivity index (χ0) is 22.8. The molecule has 1 N–H and O–H groups in total. The van der Waals surface area contributed by atoms with Crippen molar-refractivity contribution in [3.05, 3.63) is 88.5 Å². The van der Waals surface area contributed by atoms with Crippen LogP contribution in [-0.2, 0) is 14.8 Å². The number of hydrogen-bond donors (Lipinski definition) is 1. The molecule has 6 heteroatoms. The normalized spacial score (nSPS) is 11.3. The second kappa shape index (κ2) is 8.94. The first kappa shape index (κ1) is 22.6. The Balaban J connectivity index is 2.00. The number of rotatable bonds is 6. The molecule has 0 aliphatic heterocycles. The van der Waals surface area contributed by atoms with Gasteiger partial charge in [0.15, 0.2) is 0 Å². The Labute approximate surface area is 184 Å². The minimum Gasteiger partial charge on any atom is -0.324 e. The average Bonchev–Trinajstić information content (AvgIpc) is 2.70. The van der Waals surface area contributed by atoms with Gasteiger partial charge in [-0.3, -0.25) is 9.10 Å². The molecule has 0 atom stereocenters. The first-order valence-corrected chi connectivity index (χ1v) is 11.6. The molecule has 3 aromatic carbocycles. The summed E-state index contributed by atoms with van der Waals surface area (Å²) in [4.78, 5) is 13.1. The molecule has 0 saturated heterocycles. The Bertz CT molecular complexity index is 1220. The maximum Gasteiger partial charge on any atom is 0.264 e. The minimum atomic E-state index is -3.94. The van der Waals surface area contributed by atoms with E-state index in [-0.39, 0.29) is 11.4 Å². The molecule has 0 unspecified atom stereocenters. The van der Waals surface area contributed by atoms with Crippen LogP contribution in [0.3, 0.4) is 0 Å². The van der Waals surface area contributed by atoms with E-state index >= 15 is 0 Å². The third-order valence-corrected chi connectivity index (χ3v) is 7.17. The summed E-state index contributed by atoms with van der Waals surface area (Å²) in [5, 5.41) is 2.87. The van der Waals surface area contributed by atoms with E-state index in [1.54, 1.807) is 30.3 Å². The molecule has 3 rings (SSSR count). The zero-order valence-electron chi connectivity index (χ0n) is 18.6. The zero-order valence-corrected chi connectivity index (χ0v) is 19.4. The minimum absolute atomic E-state index is 0.151. The van der Waals surface area contributed by atoms with Gasteiger partial charge < -0.3 is 5.32 Å². The molecule has 0 aromatic heterocycles. The smallest absolute Gasteiger partial charge is 0.264 e. The number of nitrogens with zero attached hydrogens (tertiary/aromatic N) is 1. The number of hydrogen-bond acceptors (Lipinski definition) is 3. The van der Waals surface area contributed by atoms with Crippen LogP contribution in [0.15, 0.2) is 65.6 Å². The van der Waals surface area contributed by atoms with E-state index in [4.69, 9.17) is 0 Å². The molecule has 3 aromatic rings. The van der Waals surface area contributed by atoms with Gasteiger partial charge in [-0.05, 0) is 75.6 Å². The molecule has 0 spiro atoms. The summed E-state index contributed by atoms with van der Waals surface area (Å²) in [5.74, 6) is -0.399. The topological polar surface area (TPSA) is 66.5 Å². The largest absolute Gasteiger partial charge is 0.324 e. The fourth-order valence-electron chi connectivity index (χ4n) is 3.43. The van der Waals surface area contributed by atoms with Crippen LogP contribution in [0, 0.1) is 34.6 Å². The fourth-order valence-corrected chi connectivity index (χ4v) is 4.91. The van der Waals surface area contributed by atoms with Crippen molar-refractivity contribution >= 4 is 27.3 Å². The van der Waals surface area contributed by atoms with E-state index in [0.717, 1.165) is 27.8 Å². The average molecular weight is 437 g/mol. The van der Waals surface area contributed by atoms with Crippen LogP contribution < -0.4 is 9.62 Å². The predicted octanol–water partition coefficient (Wildman–Crippen LogP) is 5.06.